The first-order chi connectivity index (χ1) is 8.58. The van der Waals surface area contributed by atoms with Crippen LogP contribution in [0.4, 0.5) is 8.78 Å². The molecule has 1 heterocycles. The molecule has 1 aromatic heterocycles. The molecule has 0 radical (unpaired) electrons. The SMILES string of the molecule is O=C(NCc1cc(Br)cs1)c1c(F)cccc1F. The monoisotopic (exact) mass is 331 g/mol. The van der Waals surface area contributed by atoms with E-state index >= 15 is 0 Å². The van der Waals surface area contributed by atoms with Crippen molar-refractivity contribution in [3.05, 3.63) is 56.2 Å². The number of halogens is 3. The molecule has 2 aromatic rings. The number of thiophene rings is 1. The Morgan fingerprint density at radius 1 is 1.33 bits per heavy atom. The van der Waals surface area contributed by atoms with E-state index in [9.17, 15) is 13.6 Å². The molecule has 0 atom stereocenters. The van der Waals surface area contributed by atoms with E-state index in [0.717, 1.165) is 21.5 Å². The van der Waals surface area contributed by atoms with Crippen molar-refractivity contribution < 1.29 is 13.6 Å². The van der Waals surface area contributed by atoms with E-state index in [0.29, 0.717) is 0 Å². The van der Waals surface area contributed by atoms with Crippen LogP contribution in [0.25, 0.3) is 0 Å². The molecule has 0 aliphatic carbocycles. The number of carbonyl (C=O) groups is 1. The Morgan fingerprint density at radius 2 is 2.00 bits per heavy atom. The summed E-state index contributed by atoms with van der Waals surface area (Å²) in [7, 11) is 0. The van der Waals surface area contributed by atoms with Crippen LogP contribution < -0.4 is 5.32 Å². The van der Waals surface area contributed by atoms with Crippen molar-refractivity contribution in [3.8, 4) is 0 Å². The minimum absolute atomic E-state index is 0.239. The molecule has 18 heavy (non-hydrogen) atoms. The highest BCUT2D eigenvalue weighted by Crippen LogP contribution is 2.19. The molecule has 2 nitrogen and oxygen atoms in total. The van der Waals surface area contributed by atoms with Gasteiger partial charge in [0.1, 0.15) is 17.2 Å². The highest BCUT2D eigenvalue weighted by Gasteiger charge is 2.16. The molecule has 0 fully saturated rings. The average Bonchev–Trinajstić information content (AvgIpc) is 2.72. The van der Waals surface area contributed by atoms with Crippen LogP contribution in [0.1, 0.15) is 15.2 Å². The smallest absolute Gasteiger partial charge is 0.257 e. The van der Waals surface area contributed by atoms with Gasteiger partial charge in [-0.25, -0.2) is 8.78 Å². The molecular formula is C12H8BrF2NOS. The molecule has 2 rings (SSSR count). The lowest BCUT2D eigenvalue weighted by Gasteiger charge is -2.05. The van der Waals surface area contributed by atoms with Gasteiger partial charge in [0.15, 0.2) is 0 Å². The molecule has 1 aromatic carbocycles. The van der Waals surface area contributed by atoms with Gasteiger partial charge in [-0.1, -0.05) is 6.07 Å². The zero-order chi connectivity index (χ0) is 13.1. The molecule has 0 saturated carbocycles. The Bertz CT molecular complexity index is 565. The standard InChI is InChI=1S/C12H8BrF2NOS/c13-7-4-8(18-6-7)5-16-12(17)11-9(14)2-1-3-10(11)15/h1-4,6H,5H2,(H,16,17). The number of amides is 1. The topological polar surface area (TPSA) is 29.1 Å². The summed E-state index contributed by atoms with van der Waals surface area (Å²) in [6, 6.07) is 5.17. The number of hydrogen-bond donors (Lipinski definition) is 1. The Labute approximate surface area is 115 Å². The number of nitrogens with one attached hydrogen (secondary N) is 1. The zero-order valence-electron chi connectivity index (χ0n) is 9.04. The normalized spacial score (nSPS) is 10.4. The molecule has 0 spiro atoms. The summed E-state index contributed by atoms with van der Waals surface area (Å²) >= 11 is 4.73. The zero-order valence-corrected chi connectivity index (χ0v) is 11.4. The fourth-order valence-electron chi connectivity index (χ4n) is 1.42. The first-order valence-corrected chi connectivity index (χ1v) is 6.70. The third-order valence-electron chi connectivity index (χ3n) is 2.23. The maximum absolute atomic E-state index is 13.3. The number of carbonyl (C=O) groups excluding carboxylic acids is 1. The molecule has 6 heteroatoms. The van der Waals surface area contributed by atoms with Gasteiger partial charge in [0.25, 0.3) is 5.91 Å². The quantitative estimate of drug-likeness (QED) is 0.912. The van der Waals surface area contributed by atoms with Gasteiger partial charge in [-0.15, -0.1) is 11.3 Å². The predicted molar refractivity (Wildman–Crippen MR) is 69.5 cm³/mol. The van der Waals surface area contributed by atoms with Gasteiger partial charge in [0, 0.05) is 14.7 Å². The highest BCUT2D eigenvalue weighted by molar-refractivity contribution is 9.10. The van der Waals surface area contributed by atoms with Crippen molar-refractivity contribution in [2.24, 2.45) is 0 Å². The van der Waals surface area contributed by atoms with E-state index < -0.39 is 23.1 Å². The van der Waals surface area contributed by atoms with Gasteiger partial charge in [0.05, 0.1) is 6.54 Å². The lowest BCUT2D eigenvalue weighted by molar-refractivity contribution is 0.0943. The van der Waals surface area contributed by atoms with E-state index in [1.54, 1.807) is 0 Å². The van der Waals surface area contributed by atoms with Crippen molar-refractivity contribution in [3.63, 3.8) is 0 Å². The fraction of sp³-hybridized carbons (Fsp3) is 0.0833. The summed E-state index contributed by atoms with van der Waals surface area (Å²) in [5.74, 6) is -2.48. The van der Waals surface area contributed by atoms with E-state index in [4.69, 9.17) is 0 Å². The van der Waals surface area contributed by atoms with Crippen LogP contribution >= 0.6 is 27.3 Å². The lowest BCUT2D eigenvalue weighted by atomic mass is 10.2. The Kier molecular flexibility index (Phi) is 4.08. The second-order valence-electron chi connectivity index (χ2n) is 3.51. The molecule has 94 valence electrons. The number of hydrogen-bond acceptors (Lipinski definition) is 2. The fourth-order valence-corrected chi connectivity index (χ4v) is 2.81. The molecule has 0 bridgehead atoms. The summed E-state index contributed by atoms with van der Waals surface area (Å²) in [6.45, 7) is 0.239. The van der Waals surface area contributed by atoms with Crippen LogP contribution in [0.15, 0.2) is 34.1 Å². The van der Waals surface area contributed by atoms with Crippen LogP contribution in [-0.4, -0.2) is 5.91 Å². The van der Waals surface area contributed by atoms with E-state index in [2.05, 4.69) is 21.2 Å². The predicted octanol–water partition coefficient (Wildman–Crippen LogP) is 3.72. The van der Waals surface area contributed by atoms with Crippen molar-refractivity contribution >= 4 is 33.2 Å². The Balaban J connectivity index is 2.08. The Morgan fingerprint density at radius 3 is 2.56 bits per heavy atom. The third kappa shape index (κ3) is 2.94. The summed E-state index contributed by atoms with van der Waals surface area (Å²) in [5, 5.41) is 4.35. The van der Waals surface area contributed by atoms with E-state index in [1.165, 1.54) is 17.4 Å². The second-order valence-corrected chi connectivity index (χ2v) is 5.42. The molecule has 1 N–H and O–H groups in total. The first-order valence-electron chi connectivity index (χ1n) is 5.03. The van der Waals surface area contributed by atoms with Crippen LogP contribution in [0.5, 0.6) is 0 Å². The Hall–Kier alpha value is -1.27. The van der Waals surface area contributed by atoms with Gasteiger partial charge >= 0.3 is 0 Å². The third-order valence-corrected chi connectivity index (χ3v) is 3.93. The molecule has 0 unspecified atom stereocenters. The van der Waals surface area contributed by atoms with Crippen molar-refractivity contribution in [1.29, 1.82) is 0 Å². The van der Waals surface area contributed by atoms with Crippen molar-refractivity contribution in [2.75, 3.05) is 0 Å². The summed E-state index contributed by atoms with van der Waals surface area (Å²) in [4.78, 5) is 12.6. The summed E-state index contributed by atoms with van der Waals surface area (Å²) in [5.41, 5.74) is -0.548. The van der Waals surface area contributed by atoms with Gasteiger partial charge in [-0.05, 0) is 34.1 Å². The molecule has 0 aliphatic heterocycles. The van der Waals surface area contributed by atoms with Crippen LogP contribution in [-0.2, 0) is 6.54 Å². The maximum Gasteiger partial charge on any atom is 0.257 e. The molecule has 1 amide bonds. The summed E-state index contributed by atoms with van der Waals surface area (Å²) < 4.78 is 27.6. The van der Waals surface area contributed by atoms with Crippen LogP contribution in [0.2, 0.25) is 0 Å². The van der Waals surface area contributed by atoms with Crippen LogP contribution in [0.3, 0.4) is 0 Å². The molecule has 0 aliphatic rings. The maximum atomic E-state index is 13.3. The molecular weight excluding hydrogens is 324 g/mol. The van der Waals surface area contributed by atoms with Crippen molar-refractivity contribution in [1.82, 2.24) is 5.32 Å². The minimum atomic E-state index is -0.861. The van der Waals surface area contributed by atoms with Gasteiger partial charge in [-0.2, -0.15) is 0 Å². The van der Waals surface area contributed by atoms with E-state index in [1.807, 2.05) is 11.4 Å². The van der Waals surface area contributed by atoms with Crippen LogP contribution in [0, 0.1) is 11.6 Å². The van der Waals surface area contributed by atoms with Crippen molar-refractivity contribution in [2.45, 2.75) is 6.54 Å². The first kappa shape index (κ1) is 13.2. The average molecular weight is 332 g/mol. The number of rotatable bonds is 3. The van der Waals surface area contributed by atoms with Gasteiger partial charge in [0.2, 0.25) is 0 Å². The lowest BCUT2D eigenvalue weighted by Crippen LogP contribution is -2.24. The summed E-state index contributed by atoms with van der Waals surface area (Å²) in [6.07, 6.45) is 0. The molecule has 0 saturated heterocycles. The second kappa shape index (κ2) is 5.58. The van der Waals surface area contributed by atoms with Gasteiger partial charge in [-0.3, -0.25) is 4.79 Å². The van der Waals surface area contributed by atoms with E-state index in [-0.39, 0.29) is 6.54 Å². The number of benzene rings is 1. The highest BCUT2D eigenvalue weighted by atomic mass is 79.9. The minimum Gasteiger partial charge on any atom is -0.347 e. The largest absolute Gasteiger partial charge is 0.347 e. The van der Waals surface area contributed by atoms with Gasteiger partial charge < -0.3 is 5.32 Å².